The van der Waals surface area contributed by atoms with E-state index in [4.69, 9.17) is 4.74 Å². The number of rotatable bonds is 9. The SMILES string of the molecule is CCOc1ccccc1C=C(C(=O)NCc1ccccc1)C(=O)NCc1ccccc1. The summed E-state index contributed by atoms with van der Waals surface area (Å²) in [6.07, 6.45) is 1.58. The predicted octanol–water partition coefficient (Wildman–Crippen LogP) is 4.10. The van der Waals surface area contributed by atoms with Crippen molar-refractivity contribution in [3.63, 3.8) is 0 Å². The van der Waals surface area contributed by atoms with Crippen molar-refractivity contribution in [2.75, 3.05) is 6.61 Å². The Morgan fingerprint density at radius 1 is 0.742 bits per heavy atom. The number of benzene rings is 3. The number of nitrogens with one attached hydrogen (secondary N) is 2. The summed E-state index contributed by atoms with van der Waals surface area (Å²) in [7, 11) is 0. The monoisotopic (exact) mass is 414 g/mol. The zero-order chi connectivity index (χ0) is 21.9. The highest BCUT2D eigenvalue weighted by Crippen LogP contribution is 2.21. The Labute approximate surface area is 182 Å². The van der Waals surface area contributed by atoms with E-state index >= 15 is 0 Å². The Bertz CT molecular complexity index is 973. The standard InChI is InChI=1S/C26H26N2O3/c1-2-31-24-16-10-9-15-22(24)17-23(25(29)27-18-20-11-5-3-6-12-20)26(30)28-19-21-13-7-4-8-14-21/h3-17H,2,18-19H2,1H3,(H,27,29)(H,28,30). The summed E-state index contributed by atoms with van der Waals surface area (Å²) < 4.78 is 5.65. The molecule has 0 heterocycles. The molecule has 5 heteroatoms. The van der Waals surface area contributed by atoms with Crippen LogP contribution in [0.1, 0.15) is 23.6 Å². The number of carbonyl (C=O) groups is 2. The van der Waals surface area contributed by atoms with Gasteiger partial charge in [0.25, 0.3) is 11.8 Å². The van der Waals surface area contributed by atoms with Gasteiger partial charge in [0, 0.05) is 18.7 Å². The number of carbonyl (C=O) groups excluding carboxylic acids is 2. The van der Waals surface area contributed by atoms with E-state index in [1.165, 1.54) is 0 Å². The molecular weight excluding hydrogens is 388 g/mol. The van der Waals surface area contributed by atoms with Crippen molar-refractivity contribution in [1.82, 2.24) is 10.6 Å². The van der Waals surface area contributed by atoms with Gasteiger partial charge < -0.3 is 15.4 Å². The quantitative estimate of drug-likeness (QED) is 0.315. The van der Waals surface area contributed by atoms with Crippen molar-refractivity contribution in [3.8, 4) is 5.75 Å². The molecule has 0 radical (unpaired) electrons. The largest absolute Gasteiger partial charge is 0.493 e. The zero-order valence-electron chi connectivity index (χ0n) is 17.5. The van der Waals surface area contributed by atoms with Gasteiger partial charge in [-0.25, -0.2) is 0 Å². The van der Waals surface area contributed by atoms with E-state index in [9.17, 15) is 9.59 Å². The number of ether oxygens (including phenoxy) is 1. The lowest BCUT2D eigenvalue weighted by Gasteiger charge is -2.12. The lowest BCUT2D eigenvalue weighted by atomic mass is 10.1. The first-order chi connectivity index (χ1) is 15.2. The van der Waals surface area contributed by atoms with Crippen LogP contribution in [0, 0.1) is 0 Å². The van der Waals surface area contributed by atoms with Crippen LogP contribution in [0.5, 0.6) is 5.75 Å². The van der Waals surface area contributed by atoms with Crippen LogP contribution in [0.4, 0.5) is 0 Å². The predicted molar refractivity (Wildman–Crippen MR) is 122 cm³/mol. The Balaban J connectivity index is 1.82. The van der Waals surface area contributed by atoms with Crippen LogP contribution in [0.2, 0.25) is 0 Å². The molecule has 5 nitrogen and oxygen atoms in total. The highest BCUT2D eigenvalue weighted by Gasteiger charge is 2.19. The van der Waals surface area contributed by atoms with E-state index in [0.717, 1.165) is 11.1 Å². The molecule has 0 saturated heterocycles. The minimum Gasteiger partial charge on any atom is -0.493 e. The Morgan fingerprint density at radius 2 is 1.23 bits per heavy atom. The van der Waals surface area contributed by atoms with Gasteiger partial charge in [0.15, 0.2) is 0 Å². The molecule has 2 amide bonds. The maximum atomic E-state index is 13.0. The molecule has 0 aliphatic carbocycles. The van der Waals surface area contributed by atoms with Gasteiger partial charge in [-0.15, -0.1) is 0 Å². The molecule has 3 aromatic rings. The Hall–Kier alpha value is -3.86. The van der Waals surface area contributed by atoms with Crippen LogP contribution in [-0.4, -0.2) is 18.4 Å². The lowest BCUT2D eigenvalue weighted by molar-refractivity contribution is -0.123. The molecule has 31 heavy (non-hydrogen) atoms. The molecule has 0 saturated carbocycles. The lowest BCUT2D eigenvalue weighted by Crippen LogP contribution is -2.34. The molecule has 0 aliphatic rings. The highest BCUT2D eigenvalue weighted by atomic mass is 16.5. The third-order valence-electron chi connectivity index (χ3n) is 4.60. The van der Waals surface area contributed by atoms with E-state index in [2.05, 4.69) is 10.6 Å². The summed E-state index contributed by atoms with van der Waals surface area (Å²) in [5, 5.41) is 5.68. The average molecular weight is 415 g/mol. The van der Waals surface area contributed by atoms with E-state index in [0.29, 0.717) is 31.0 Å². The first-order valence-electron chi connectivity index (χ1n) is 10.2. The molecule has 0 aromatic heterocycles. The van der Waals surface area contributed by atoms with Crippen molar-refractivity contribution in [3.05, 3.63) is 107 Å². The zero-order valence-corrected chi connectivity index (χ0v) is 17.5. The average Bonchev–Trinajstić information content (AvgIpc) is 2.82. The second-order valence-corrected chi connectivity index (χ2v) is 6.87. The van der Waals surface area contributed by atoms with Gasteiger partial charge in [-0.3, -0.25) is 9.59 Å². The summed E-state index contributed by atoms with van der Waals surface area (Å²) in [4.78, 5) is 25.9. The minimum atomic E-state index is -0.444. The molecule has 0 aliphatic heterocycles. The van der Waals surface area contributed by atoms with Crippen LogP contribution in [-0.2, 0) is 22.7 Å². The maximum absolute atomic E-state index is 13.0. The van der Waals surface area contributed by atoms with Gasteiger partial charge in [0.1, 0.15) is 11.3 Å². The van der Waals surface area contributed by atoms with Crippen LogP contribution in [0.25, 0.3) is 6.08 Å². The fourth-order valence-corrected chi connectivity index (χ4v) is 3.02. The molecule has 0 atom stereocenters. The summed E-state index contributed by atoms with van der Waals surface area (Å²) >= 11 is 0. The molecular formula is C26H26N2O3. The van der Waals surface area contributed by atoms with E-state index < -0.39 is 11.8 Å². The molecule has 3 rings (SSSR count). The topological polar surface area (TPSA) is 67.4 Å². The Kier molecular flexibility index (Phi) is 8.00. The fraction of sp³-hybridized carbons (Fsp3) is 0.154. The molecule has 0 spiro atoms. The first kappa shape index (κ1) is 21.8. The second kappa shape index (κ2) is 11.4. The molecule has 2 N–H and O–H groups in total. The summed E-state index contributed by atoms with van der Waals surface area (Å²) in [6, 6.07) is 26.5. The van der Waals surface area contributed by atoms with E-state index in [1.807, 2.05) is 91.9 Å². The van der Waals surface area contributed by atoms with E-state index in [1.54, 1.807) is 6.08 Å². The third kappa shape index (κ3) is 6.57. The van der Waals surface area contributed by atoms with Gasteiger partial charge in [-0.05, 0) is 30.2 Å². The summed E-state index contributed by atoms with van der Waals surface area (Å²) in [5.41, 5.74) is 2.60. The number of hydrogen-bond acceptors (Lipinski definition) is 3. The third-order valence-corrected chi connectivity index (χ3v) is 4.60. The van der Waals surface area contributed by atoms with Crippen LogP contribution < -0.4 is 15.4 Å². The van der Waals surface area contributed by atoms with Crippen molar-refractivity contribution in [1.29, 1.82) is 0 Å². The summed E-state index contributed by atoms with van der Waals surface area (Å²) in [6.45, 7) is 3.04. The number of amides is 2. The van der Waals surface area contributed by atoms with Gasteiger partial charge in [0.2, 0.25) is 0 Å². The fourth-order valence-electron chi connectivity index (χ4n) is 3.02. The van der Waals surface area contributed by atoms with Crippen molar-refractivity contribution in [2.45, 2.75) is 20.0 Å². The van der Waals surface area contributed by atoms with Crippen molar-refractivity contribution < 1.29 is 14.3 Å². The molecule has 0 bridgehead atoms. The summed E-state index contributed by atoms with van der Waals surface area (Å²) in [5.74, 6) is -0.268. The molecule has 158 valence electrons. The maximum Gasteiger partial charge on any atom is 0.257 e. The highest BCUT2D eigenvalue weighted by molar-refractivity contribution is 6.21. The number of hydrogen-bond donors (Lipinski definition) is 2. The molecule has 0 unspecified atom stereocenters. The van der Waals surface area contributed by atoms with Crippen LogP contribution in [0.15, 0.2) is 90.5 Å². The van der Waals surface area contributed by atoms with Gasteiger partial charge in [-0.2, -0.15) is 0 Å². The van der Waals surface area contributed by atoms with Crippen molar-refractivity contribution in [2.24, 2.45) is 0 Å². The van der Waals surface area contributed by atoms with Crippen LogP contribution >= 0.6 is 0 Å². The van der Waals surface area contributed by atoms with Gasteiger partial charge in [0.05, 0.1) is 6.61 Å². The second-order valence-electron chi connectivity index (χ2n) is 6.87. The van der Waals surface area contributed by atoms with Crippen molar-refractivity contribution >= 4 is 17.9 Å². The first-order valence-corrected chi connectivity index (χ1v) is 10.2. The molecule has 0 fully saturated rings. The molecule has 3 aromatic carbocycles. The normalized spacial score (nSPS) is 10.1. The van der Waals surface area contributed by atoms with Crippen LogP contribution in [0.3, 0.4) is 0 Å². The van der Waals surface area contributed by atoms with Gasteiger partial charge >= 0.3 is 0 Å². The minimum absolute atomic E-state index is 0.0269. The van der Waals surface area contributed by atoms with E-state index in [-0.39, 0.29) is 5.57 Å². The Morgan fingerprint density at radius 3 is 1.74 bits per heavy atom. The number of para-hydroxylation sites is 1. The van der Waals surface area contributed by atoms with Gasteiger partial charge in [-0.1, -0.05) is 78.9 Å². The smallest absolute Gasteiger partial charge is 0.257 e.